The number of amides is 1. The number of rotatable bonds is 4. The Balaban J connectivity index is 1.88. The molecule has 0 bridgehead atoms. The van der Waals surface area contributed by atoms with Gasteiger partial charge in [0.25, 0.3) is 10.0 Å². The number of halogens is 1. The van der Waals surface area contributed by atoms with Crippen LogP contribution in [0.3, 0.4) is 0 Å². The maximum Gasteiger partial charge on any atom is 0.282 e. The fourth-order valence-electron chi connectivity index (χ4n) is 2.44. The Hall–Kier alpha value is -2.06. The number of hydrogen-bond acceptors (Lipinski definition) is 4. The second kappa shape index (κ2) is 5.86. The van der Waals surface area contributed by atoms with Gasteiger partial charge in [-0.1, -0.05) is 17.7 Å². The van der Waals surface area contributed by atoms with Gasteiger partial charge in [0.05, 0.1) is 12.0 Å². The molecule has 1 saturated heterocycles. The van der Waals surface area contributed by atoms with Gasteiger partial charge in [-0.25, -0.2) is 4.98 Å². The minimum atomic E-state index is -3.89. The van der Waals surface area contributed by atoms with Crippen LogP contribution in [0.5, 0.6) is 0 Å². The van der Waals surface area contributed by atoms with Gasteiger partial charge >= 0.3 is 0 Å². The molecule has 0 spiro atoms. The van der Waals surface area contributed by atoms with Crippen LogP contribution in [-0.4, -0.2) is 30.4 Å². The maximum absolute atomic E-state index is 12.4. The van der Waals surface area contributed by atoms with E-state index in [1.54, 1.807) is 36.2 Å². The molecular formula is C14H15ClN4O3S. The van der Waals surface area contributed by atoms with E-state index in [1.165, 1.54) is 10.9 Å². The molecule has 1 aliphatic heterocycles. The summed E-state index contributed by atoms with van der Waals surface area (Å²) in [6, 6.07) is 6.70. The molecule has 0 unspecified atom stereocenters. The topological polar surface area (TPSA) is 84.3 Å². The fourth-order valence-corrected chi connectivity index (χ4v) is 3.92. The number of aryl methyl sites for hydroxylation is 1. The minimum Gasteiger partial charge on any atom is -0.324 e. The molecule has 23 heavy (non-hydrogen) atoms. The molecule has 1 amide bonds. The first kappa shape index (κ1) is 15.8. The van der Waals surface area contributed by atoms with E-state index in [1.807, 2.05) is 0 Å². The summed E-state index contributed by atoms with van der Waals surface area (Å²) in [6.07, 6.45) is 2.65. The van der Waals surface area contributed by atoms with E-state index in [2.05, 4.69) is 9.71 Å². The quantitative estimate of drug-likeness (QED) is 0.910. The van der Waals surface area contributed by atoms with Crippen molar-refractivity contribution in [3.63, 3.8) is 0 Å². The van der Waals surface area contributed by atoms with Crippen molar-refractivity contribution in [1.82, 2.24) is 9.55 Å². The Kier molecular flexibility index (Phi) is 4.03. The molecule has 2 heterocycles. The van der Waals surface area contributed by atoms with Crippen LogP contribution in [0, 0.1) is 0 Å². The molecule has 1 aromatic carbocycles. The van der Waals surface area contributed by atoms with Crippen LogP contribution in [0.2, 0.25) is 5.15 Å². The lowest BCUT2D eigenvalue weighted by Gasteiger charge is -2.17. The minimum absolute atomic E-state index is 0.0309. The number of hydrogen-bond donors (Lipinski definition) is 1. The van der Waals surface area contributed by atoms with Crippen LogP contribution in [0.1, 0.15) is 12.8 Å². The largest absolute Gasteiger partial charge is 0.324 e. The predicted molar refractivity (Wildman–Crippen MR) is 87.1 cm³/mol. The van der Waals surface area contributed by atoms with E-state index in [9.17, 15) is 13.2 Å². The summed E-state index contributed by atoms with van der Waals surface area (Å²) in [5.74, 6) is 0.0396. The molecular weight excluding hydrogens is 340 g/mol. The van der Waals surface area contributed by atoms with Crippen molar-refractivity contribution in [2.24, 2.45) is 7.05 Å². The third kappa shape index (κ3) is 3.04. The molecule has 1 N–H and O–H groups in total. The Bertz CT molecular complexity index is 863. The van der Waals surface area contributed by atoms with Crippen LogP contribution < -0.4 is 9.62 Å². The molecule has 3 rings (SSSR count). The van der Waals surface area contributed by atoms with Crippen molar-refractivity contribution in [2.45, 2.75) is 17.9 Å². The van der Waals surface area contributed by atoms with Gasteiger partial charge < -0.3 is 9.47 Å². The average Bonchev–Trinajstić information content (AvgIpc) is 3.06. The number of benzene rings is 1. The molecule has 9 heteroatoms. The average molecular weight is 355 g/mol. The highest BCUT2D eigenvalue weighted by Crippen LogP contribution is 2.26. The lowest BCUT2D eigenvalue weighted by molar-refractivity contribution is -0.117. The molecule has 7 nitrogen and oxygen atoms in total. The molecule has 1 aromatic heterocycles. The monoisotopic (exact) mass is 354 g/mol. The number of sulfonamides is 1. The van der Waals surface area contributed by atoms with Crippen molar-refractivity contribution in [3.8, 4) is 0 Å². The van der Waals surface area contributed by atoms with Crippen LogP contribution >= 0.6 is 11.6 Å². The van der Waals surface area contributed by atoms with Crippen LogP contribution in [-0.2, 0) is 21.9 Å². The van der Waals surface area contributed by atoms with Crippen molar-refractivity contribution < 1.29 is 13.2 Å². The van der Waals surface area contributed by atoms with Gasteiger partial charge in [-0.3, -0.25) is 9.52 Å². The van der Waals surface area contributed by atoms with Crippen molar-refractivity contribution in [3.05, 3.63) is 35.7 Å². The van der Waals surface area contributed by atoms with Gasteiger partial charge in [-0.05, 0) is 24.6 Å². The highest BCUT2D eigenvalue weighted by molar-refractivity contribution is 7.92. The first-order valence-electron chi connectivity index (χ1n) is 6.98. The zero-order valence-corrected chi connectivity index (χ0v) is 13.9. The Morgan fingerprint density at radius 3 is 2.74 bits per heavy atom. The lowest BCUT2D eigenvalue weighted by Crippen LogP contribution is -2.23. The van der Waals surface area contributed by atoms with Gasteiger partial charge in [0, 0.05) is 25.7 Å². The molecule has 2 aromatic rings. The Morgan fingerprint density at radius 1 is 1.35 bits per heavy atom. The third-order valence-corrected chi connectivity index (χ3v) is 5.44. The number of anilines is 2. The molecule has 0 radical (unpaired) electrons. The van der Waals surface area contributed by atoms with E-state index < -0.39 is 10.0 Å². The lowest BCUT2D eigenvalue weighted by atomic mass is 10.2. The number of carbonyl (C=O) groups excluding carboxylic acids is 1. The normalized spacial score (nSPS) is 15.2. The first-order chi connectivity index (χ1) is 10.9. The number of imidazole rings is 1. The van der Waals surface area contributed by atoms with E-state index in [0.717, 1.165) is 6.42 Å². The second-order valence-electron chi connectivity index (χ2n) is 5.26. The number of nitrogens with one attached hydrogen (secondary N) is 1. The van der Waals surface area contributed by atoms with Gasteiger partial charge in [-0.2, -0.15) is 8.42 Å². The fraction of sp³-hybridized carbons (Fsp3) is 0.286. The van der Waals surface area contributed by atoms with E-state index in [0.29, 0.717) is 24.3 Å². The van der Waals surface area contributed by atoms with Gasteiger partial charge in [-0.15, -0.1) is 0 Å². The van der Waals surface area contributed by atoms with E-state index in [-0.39, 0.29) is 16.1 Å². The van der Waals surface area contributed by atoms with Gasteiger partial charge in [0.1, 0.15) is 5.15 Å². The van der Waals surface area contributed by atoms with Gasteiger partial charge in [0.15, 0.2) is 0 Å². The van der Waals surface area contributed by atoms with Crippen molar-refractivity contribution in [2.75, 3.05) is 16.2 Å². The summed E-state index contributed by atoms with van der Waals surface area (Å²) < 4.78 is 28.6. The second-order valence-corrected chi connectivity index (χ2v) is 7.21. The molecule has 0 aliphatic carbocycles. The van der Waals surface area contributed by atoms with E-state index >= 15 is 0 Å². The smallest absolute Gasteiger partial charge is 0.282 e. The molecule has 0 saturated carbocycles. The first-order valence-corrected chi connectivity index (χ1v) is 8.85. The molecule has 0 atom stereocenters. The van der Waals surface area contributed by atoms with Crippen LogP contribution in [0.4, 0.5) is 11.4 Å². The summed E-state index contributed by atoms with van der Waals surface area (Å²) in [7, 11) is -2.29. The summed E-state index contributed by atoms with van der Waals surface area (Å²) in [5.41, 5.74) is 1.02. The summed E-state index contributed by atoms with van der Waals surface area (Å²) in [6.45, 7) is 0.640. The van der Waals surface area contributed by atoms with E-state index in [4.69, 9.17) is 11.6 Å². The van der Waals surface area contributed by atoms with Crippen LogP contribution in [0.15, 0.2) is 35.6 Å². The van der Waals surface area contributed by atoms with Gasteiger partial charge in [0.2, 0.25) is 10.9 Å². The SMILES string of the molecule is Cn1cnc(S(=O)(=O)Nc2cccc(N3CCCC3=O)c2)c1Cl. The zero-order valence-electron chi connectivity index (χ0n) is 12.4. The third-order valence-electron chi connectivity index (χ3n) is 3.57. The summed E-state index contributed by atoms with van der Waals surface area (Å²) in [5, 5.41) is -0.201. The number of carbonyl (C=O) groups is 1. The molecule has 1 aliphatic rings. The summed E-state index contributed by atoms with van der Waals surface area (Å²) in [4.78, 5) is 17.3. The Labute approximate surface area is 138 Å². The van der Waals surface area contributed by atoms with Crippen molar-refractivity contribution >= 4 is 38.9 Å². The maximum atomic E-state index is 12.4. The highest BCUT2D eigenvalue weighted by atomic mass is 35.5. The number of nitrogens with zero attached hydrogens (tertiary/aromatic N) is 3. The highest BCUT2D eigenvalue weighted by Gasteiger charge is 2.24. The Morgan fingerprint density at radius 2 is 2.13 bits per heavy atom. The molecule has 1 fully saturated rings. The number of aromatic nitrogens is 2. The molecule has 122 valence electrons. The zero-order chi connectivity index (χ0) is 16.6. The van der Waals surface area contributed by atoms with Crippen LogP contribution in [0.25, 0.3) is 0 Å². The van der Waals surface area contributed by atoms with Crippen molar-refractivity contribution in [1.29, 1.82) is 0 Å². The standard InChI is InChI=1S/C14H15ClN4O3S/c1-18-9-16-14(13(18)15)23(21,22)17-10-4-2-5-11(8-10)19-7-3-6-12(19)20/h2,4-5,8-9,17H,3,6-7H2,1H3. The predicted octanol–water partition coefficient (Wildman–Crippen LogP) is 2.00. The summed E-state index contributed by atoms with van der Waals surface area (Å²) >= 11 is 5.94.